The van der Waals surface area contributed by atoms with Gasteiger partial charge in [-0.1, -0.05) is 0 Å². The zero-order chi connectivity index (χ0) is 13.2. The maximum absolute atomic E-state index is 12.0. The predicted octanol–water partition coefficient (Wildman–Crippen LogP) is 2.61. The van der Waals surface area contributed by atoms with Crippen LogP contribution in [0.3, 0.4) is 0 Å². The lowest BCUT2D eigenvalue weighted by Gasteiger charge is -2.09. The standard InChI is InChI=1S/C12H13F3N2O/c13-12(14,15)7-18-9-1-2-11-10(5-9)8(3-4-16)6-17-11/h1-2,5-6,17H,3-4,7,16H2. The number of aromatic nitrogens is 1. The van der Waals surface area contributed by atoms with Crippen LogP contribution in [0.5, 0.6) is 5.75 Å². The average molecular weight is 258 g/mol. The maximum Gasteiger partial charge on any atom is 0.422 e. The van der Waals surface area contributed by atoms with Crippen LogP contribution in [0, 0.1) is 0 Å². The van der Waals surface area contributed by atoms with Crippen LogP contribution >= 0.6 is 0 Å². The highest BCUT2D eigenvalue weighted by molar-refractivity contribution is 5.84. The summed E-state index contributed by atoms with van der Waals surface area (Å²) in [5.41, 5.74) is 7.31. The number of alkyl halides is 3. The lowest BCUT2D eigenvalue weighted by molar-refractivity contribution is -0.153. The molecule has 0 atom stereocenters. The van der Waals surface area contributed by atoms with Crippen molar-refractivity contribution in [2.24, 2.45) is 5.73 Å². The van der Waals surface area contributed by atoms with E-state index >= 15 is 0 Å². The minimum Gasteiger partial charge on any atom is -0.484 e. The van der Waals surface area contributed by atoms with Crippen LogP contribution in [0.4, 0.5) is 13.2 Å². The lowest BCUT2D eigenvalue weighted by atomic mass is 10.1. The zero-order valence-electron chi connectivity index (χ0n) is 9.55. The molecule has 3 N–H and O–H groups in total. The molecule has 98 valence electrons. The average Bonchev–Trinajstić information content (AvgIpc) is 2.69. The zero-order valence-corrected chi connectivity index (χ0v) is 9.55. The summed E-state index contributed by atoms with van der Waals surface area (Å²) in [5.74, 6) is 0.206. The van der Waals surface area contributed by atoms with Crippen molar-refractivity contribution in [2.75, 3.05) is 13.2 Å². The number of halogens is 3. The van der Waals surface area contributed by atoms with E-state index in [0.29, 0.717) is 13.0 Å². The molecule has 1 aromatic carbocycles. The first kappa shape index (κ1) is 12.8. The number of fused-ring (bicyclic) bond motifs is 1. The Morgan fingerprint density at radius 2 is 2.06 bits per heavy atom. The van der Waals surface area contributed by atoms with Gasteiger partial charge in [-0.2, -0.15) is 13.2 Å². The van der Waals surface area contributed by atoms with Crippen LogP contribution in [0.2, 0.25) is 0 Å². The van der Waals surface area contributed by atoms with E-state index in [0.717, 1.165) is 16.5 Å². The third kappa shape index (κ3) is 2.95. The summed E-state index contributed by atoms with van der Waals surface area (Å²) in [6.07, 6.45) is -1.85. The number of H-pyrrole nitrogens is 1. The van der Waals surface area contributed by atoms with Crippen molar-refractivity contribution in [1.82, 2.24) is 4.98 Å². The fourth-order valence-electron chi connectivity index (χ4n) is 1.77. The number of nitrogens with two attached hydrogens (primary N) is 1. The van der Waals surface area contributed by atoms with Gasteiger partial charge in [-0.05, 0) is 36.7 Å². The summed E-state index contributed by atoms with van der Waals surface area (Å²) in [6.45, 7) is -0.796. The molecule has 1 aromatic heterocycles. The molecule has 0 radical (unpaired) electrons. The van der Waals surface area contributed by atoms with Gasteiger partial charge >= 0.3 is 6.18 Å². The van der Waals surface area contributed by atoms with Gasteiger partial charge in [0.05, 0.1) is 0 Å². The lowest BCUT2D eigenvalue weighted by Crippen LogP contribution is -2.19. The van der Waals surface area contributed by atoms with Crippen molar-refractivity contribution in [3.05, 3.63) is 30.0 Å². The fourth-order valence-corrected chi connectivity index (χ4v) is 1.77. The van der Waals surface area contributed by atoms with Crippen LogP contribution in [-0.2, 0) is 6.42 Å². The first-order valence-corrected chi connectivity index (χ1v) is 5.49. The molecule has 2 rings (SSSR count). The molecular weight excluding hydrogens is 245 g/mol. The molecule has 0 amide bonds. The van der Waals surface area contributed by atoms with E-state index in [2.05, 4.69) is 4.98 Å². The molecule has 2 aromatic rings. The number of benzene rings is 1. The second-order valence-corrected chi connectivity index (χ2v) is 3.96. The van der Waals surface area contributed by atoms with E-state index in [1.807, 2.05) is 6.20 Å². The molecule has 0 saturated carbocycles. The second-order valence-electron chi connectivity index (χ2n) is 3.96. The minimum absolute atomic E-state index is 0.206. The topological polar surface area (TPSA) is 51.0 Å². The highest BCUT2D eigenvalue weighted by atomic mass is 19.4. The Bertz CT molecular complexity index is 534. The molecule has 0 bridgehead atoms. The molecular formula is C12H13F3N2O. The van der Waals surface area contributed by atoms with Gasteiger partial charge in [0.15, 0.2) is 6.61 Å². The van der Waals surface area contributed by atoms with Gasteiger partial charge in [0, 0.05) is 17.1 Å². The number of hydrogen-bond donors (Lipinski definition) is 2. The minimum atomic E-state index is -4.33. The largest absolute Gasteiger partial charge is 0.484 e. The van der Waals surface area contributed by atoms with Gasteiger partial charge in [-0.25, -0.2) is 0 Å². The molecule has 18 heavy (non-hydrogen) atoms. The monoisotopic (exact) mass is 258 g/mol. The fraction of sp³-hybridized carbons (Fsp3) is 0.333. The Morgan fingerprint density at radius 3 is 2.72 bits per heavy atom. The first-order chi connectivity index (χ1) is 8.49. The number of aromatic amines is 1. The molecule has 0 aliphatic carbocycles. The van der Waals surface area contributed by atoms with Crippen molar-refractivity contribution in [3.63, 3.8) is 0 Å². The summed E-state index contributed by atoms with van der Waals surface area (Å²) < 4.78 is 40.9. The smallest absolute Gasteiger partial charge is 0.422 e. The van der Waals surface area contributed by atoms with E-state index in [1.54, 1.807) is 12.1 Å². The van der Waals surface area contributed by atoms with E-state index in [4.69, 9.17) is 10.5 Å². The van der Waals surface area contributed by atoms with Crippen LogP contribution < -0.4 is 10.5 Å². The third-order valence-corrected chi connectivity index (χ3v) is 2.56. The Balaban J connectivity index is 2.22. The van der Waals surface area contributed by atoms with Crippen LogP contribution in [0.1, 0.15) is 5.56 Å². The molecule has 1 heterocycles. The van der Waals surface area contributed by atoms with Gasteiger partial charge < -0.3 is 15.5 Å². The highest BCUT2D eigenvalue weighted by Crippen LogP contribution is 2.25. The Labute approximate surface area is 102 Å². The Morgan fingerprint density at radius 1 is 1.28 bits per heavy atom. The molecule has 0 fully saturated rings. The van der Waals surface area contributed by atoms with Crippen molar-refractivity contribution in [3.8, 4) is 5.75 Å². The predicted molar refractivity (Wildman–Crippen MR) is 62.6 cm³/mol. The van der Waals surface area contributed by atoms with Gasteiger partial charge in [-0.3, -0.25) is 0 Å². The van der Waals surface area contributed by atoms with Crippen LogP contribution in [-0.4, -0.2) is 24.3 Å². The number of nitrogens with one attached hydrogen (secondary N) is 1. The van der Waals surface area contributed by atoms with Crippen LogP contribution in [0.15, 0.2) is 24.4 Å². The molecule has 0 spiro atoms. The quantitative estimate of drug-likeness (QED) is 0.885. The number of rotatable bonds is 4. The van der Waals surface area contributed by atoms with Gasteiger partial charge in [0.25, 0.3) is 0 Å². The normalized spacial score (nSPS) is 12.0. The summed E-state index contributed by atoms with van der Waals surface area (Å²) in [4.78, 5) is 3.04. The van der Waals surface area contributed by atoms with Crippen LogP contribution in [0.25, 0.3) is 10.9 Å². The molecule has 0 unspecified atom stereocenters. The summed E-state index contributed by atoms with van der Waals surface area (Å²) in [5, 5.41) is 0.847. The van der Waals surface area contributed by atoms with E-state index in [9.17, 15) is 13.2 Å². The van der Waals surface area contributed by atoms with Gasteiger partial charge in [-0.15, -0.1) is 0 Å². The van der Waals surface area contributed by atoms with E-state index in [1.165, 1.54) is 6.07 Å². The van der Waals surface area contributed by atoms with Gasteiger partial charge in [0.1, 0.15) is 5.75 Å². The van der Waals surface area contributed by atoms with Crippen molar-refractivity contribution in [1.29, 1.82) is 0 Å². The third-order valence-electron chi connectivity index (χ3n) is 2.56. The first-order valence-electron chi connectivity index (χ1n) is 5.49. The summed E-state index contributed by atoms with van der Waals surface area (Å²) >= 11 is 0. The molecule has 3 nitrogen and oxygen atoms in total. The second kappa shape index (κ2) is 4.89. The SMILES string of the molecule is NCCc1c[nH]c2ccc(OCC(F)(F)F)cc12. The molecule has 0 aliphatic rings. The van der Waals surface area contributed by atoms with E-state index in [-0.39, 0.29) is 5.75 Å². The molecule has 6 heteroatoms. The molecule has 0 aliphatic heterocycles. The number of hydrogen-bond acceptors (Lipinski definition) is 2. The summed E-state index contributed by atoms with van der Waals surface area (Å²) in [6, 6.07) is 4.81. The Hall–Kier alpha value is -1.69. The summed E-state index contributed by atoms with van der Waals surface area (Å²) in [7, 11) is 0. The number of ether oxygens (including phenoxy) is 1. The Kier molecular flexibility index (Phi) is 3.47. The van der Waals surface area contributed by atoms with Crippen molar-refractivity contribution in [2.45, 2.75) is 12.6 Å². The van der Waals surface area contributed by atoms with Crippen molar-refractivity contribution < 1.29 is 17.9 Å². The maximum atomic E-state index is 12.0. The van der Waals surface area contributed by atoms with Gasteiger partial charge in [0.2, 0.25) is 0 Å². The molecule has 0 saturated heterocycles. The van der Waals surface area contributed by atoms with Crippen molar-refractivity contribution >= 4 is 10.9 Å². The highest BCUT2D eigenvalue weighted by Gasteiger charge is 2.28. The van der Waals surface area contributed by atoms with E-state index < -0.39 is 12.8 Å².